The summed E-state index contributed by atoms with van der Waals surface area (Å²) >= 11 is 0. The van der Waals surface area contributed by atoms with E-state index in [-0.39, 0.29) is 11.2 Å². The van der Waals surface area contributed by atoms with Crippen LogP contribution in [0, 0.1) is 13.8 Å². The fraction of sp³-hybridized carbons (Fsp3) is 0.412. The van der Waals surface area contributed by atoms with Gasteiger partial charge in [0.2, 0.25) is 5.52 Å². The molecular formula is C17H22N4O9P+. The van der Waals surface area contributed by atoms with Crippen molar-refractivity contribution in [2.45, 2.75) is 38.7 Å². The van der Waals surface area contributed by atoms with Crippen molar-refractivity contribution in [1.29, 1.82) is 0 Å². The molecule has 0 radical (unpaired) electrons. The van der Waals surface area contributed by atoms with Crippen molar-refractivity contribution in [3.63, 3.8) is 0 Å². The van der Waals surface area contributed by atoms with E-state index in [0.717, 1.165) is 11.1 Å². The third kappa shape index (κ3) is 5.05. The standard InChI is InChI=1S/C17H21N4O9P/c1-7-3-9-10(4-8(7)2)21(15-13(18-9)16(25)20-17(26)19-15)5-11(22)14(24)12(23)6-30-31(27,28)29/h3-4,11-12,14,22-24H,5-6H2,1-2H3,(H3,20,25,26,27,28,29)/p+1/t11-,12+,14+/m0/s1. The van der Waals surface area contributed by atoms with E-state index >= 15 is 0 Å². The van der Waals surface area contributed by atoms with Crippen LogP contribution in [0.1, 0.15) is 11.1 Å². The highest BCUT2D eigenvalue weighted by atomic mass is 31.2. The van der Waals surface area contributed by atoms with Crippen LogP contribution in [-0.2, 0) is 15.6 Å². The second kappa shape index (κ2) is 8.55. The Balaban J connectivity index is 2.08. The molecule has 0 bridgehead atoms. The average molecular weight is 457 g/mol. The van der Waals surface area contributed by atoms with Gasteiger partial charge in [0, 0.05) is 0 Å². The Bertz CT molecular complexity index is 1300. The molecule has 0 unspecified atom stereocenters. The predicted molar refractivity (Wildman–Crippen MR) is 106 cm³/mol. The largest absolute Gasteiger partial charge is 0.469 e. The predicted octanol–water partition coefficient (Wildman–Crippen LogP) is -2.14. The zero-order valence-electron chi connectivity index (χ0n) is 16.5. The number of fused-ring (bicyclic) bond motifs is 2. The minimum absolute atomic E-state index is 0.0169. The van der Waals surface area contributed by atoms with Gasteiger partial charge in [-0.05, 0) is 37.1 Å². The number of benzene rings is 1. The molecule has 0 spiro atoms. The zero-order chi connectivity index (χ0) is 23.1. The monoisotopic (exact) mass is 457 g/mol. The molecule has 0 aliphatic rings. The fourth-order valence-electron chi connectivity index (χ4n) is 3.11. The molecule has 14 heteroatoms. The van der Waals surface area contributed by atoms with E-state index in [1.54, 1.807) is 12.1 Å². The van der Waals surface area contributed by atoms with Gasteiger partial charge in [-0.2, -0.15) is 4.98 Å². The van der Waals surface area contributed by atoms with Gasteiger partial charge in [-0.15, -0.1) is 0 Å². The first-order valence-electron chi connectivity index (χ1n) is 9.09. The molecule has 3 rings (SSSR count). The van der Waals surface area contributed by atoms with E-state index in [2.05, 4.69) is 19.5 Å². The first-order valence-corrected chi connectivity index (χ1v) is 10.6. The number of aliphatic hydroxyl groups is 3. The summed E-state index contributed by atoms with van der Waals surface area (Å²) in [4.78, 5) is 50.3. The number of phosphoric acid groups is 1. The topological polar surface area (TPSA) is 210 Å². The molecule has 2 aromatic heterocycles. The average Bonchev–Trinajstić information content (AvgIpc) is 2.67. The summed E-state index contributed by atoms with van der Waals surface area (Å²) in [5.41, 5.74) is 0.888. The first kappa shape index (κ1) is 23.2. The highest BCUT2D eigenvalue weighted by Crippen LogP contribution is 2.35. The lowest BCUT2D eigenvalue weighted by atomic mass is 10.1. The maximum Gasteiger partial charge on any atom is 0.469 e. The molecule has 168 valence electrons. The van der Waals surface area contributed by atoms with Gasteiger partial charge >= 0.3 is 19.2 Å². The zero-order valence-corrected chi connectivity index (χ0v) is 17.4. The summed E-state index contributed by atoms with van der Waals surface area (Å²) in [6, 6.07) is 3.44. The second-order valence-electron chi connectivity index (χ2n) is 7.16. The number of aryl methyl sites for hydroxylation is 2. The van der Waals surface area contributed by atoms with Crippen LogP contribution in [0.15, 0.2) is 21.7 Å². The van der Waals surface area contributed by atoms with Gasteiger partial charge in [0.1, 0.15) is 30.4 Å². The van der Waals surface area contributed by atoms with Gasteiger partial charge in [-0.1, -0.05) is 0 Å². The van der Waals surface area contributed by atoms with Crippen molar-refractivity contribution >= 4 is 30.0 Å². The fourth-order valence-corrected chi connectivity index (χ4v) is 3.46. The highest BCUT2D eigenvalue weighted by molar-refractivity contribution is 7.46. The Morgan fingerprint density at radius 1 is 1.10 bits per heavy atom. The van der Waals surface area contributed by atoms with Gasteiger partial charge in [-0.3, -0.25) is 14.3 Å². The molecule has 0 fully saturated rings. The Labute approximate surface area is 173 Å². The van der Waals surface area contributed by atoms with Crippen molar-refractivity contribution < 1.29 is 38.8 Å². The Hall–Kier alpha value is -2.51. The first-order chi connectivity index (χ1) is 14.4. The number of aromatic amines is 2. The van der Waals surface area contributed by atoms with E-state index in [1.165, 1.54) is 4.57 Å². The summed E-state index contributed by atoms with van der Waals surface area (Å²) in [5.74, 6) is 0. The summed E-state index contributed by atoms with van der Waals surface area (Å²) in [5, 5.41) is 30.6. The lowest BCUT2D eigenvalue weighted by Crippen LogP contribution is -2.51. The quantitative estimate of drug-likeness (QED) is 0.116. The molecule has 0 aliphatic heterocycles. The number of nitrogens with zero attached hydrogens (tertiary/aromatic N) is 2. The van der Waals surface area contributed by atoms with E-state index in [1.807, 2.05) is 13.8 Å². The number of rotatable bonds is 7. The molecule has 0 amide bonds. The molecule has 2 heterocycles. The van der Waals surface area contributed by atoms with Crippen LogP contribution in [-0.4, -0.2) is 65.0 Å². The molecule has 3 atom stereocenters. The lowest BCUT2D eigenvalue weighted by Gasteiger charge is -2.22. The van der Waals surface area contributed by atoms with Crippen molar-refractivity contribution in [1.82, 2.24) is 15.0 Å². The highest BCUT2D eigenvalue weighted by Gasteiger charge is 2.31. The number of aliphatic hydroxyl groups excluding tert-OH is 3. The smallest absolute Gasteiger partial charge is 0.388 e. The number of nitrogens with one attached hydrogen (secondary N) is 2. The Morgan fingerprint density at radius 3 is 2.39 bits per heavy atom. The Kier molecular flexibility index (Phi) is 6.39. The normalized spacial score (nSPS) is 15.3. The van der Waals surface area contributed by atoms with Gasteiger partial charge < -0.3 is 25.1 Å². The summed E-state index contributed by atoms with van der Waals surface area (Å²) in [6.07, 6.45) is -5.36. The van der Waals surface area contributed by atoms with Crippen LogP contribution >= 0.6 is 7.82 Å². The van der Waals surface area contributed by atoms with Crippen LogP contribution in [0.3, 0.4) is 0 Å². The summed E-state index contributed by atoms with van der Waals surface area (Å²) in [6.45, 7) is 2.35. The van der Waals surface area contributed by atoms with Gasteiger partial charge in [-0.25, -0.2) is 18.9 Å². The van der Waals surface area contributed by atoms with E-state index in [0.29, 0.717) is 11.0 Å². The number of phosphoric ester groups is 1. The SMILES string of the molecule is Cc1cc2nc3c(=O)[nH]c(=O)[nH]c3[n+](C[C@H](O)[C@@H](O)[C@H](O)COP(=O)(O)O)c2cc1C. The minimum Gasteiger partial charge on any atom is -0.388 e. The molecule has 0 saturated heterocycles. The summed E-state index contributed by atoms with van der Waals surface area (Å²) in [7, 11) is -4.89. The van der Waals surface area contributed by atoms with Crippen molar-refractivity contribution in [2.75, 3.05) is 6.61 Å². The number of hydrogen-bond donors (Lipinski definition) is 7. The van der Waals surface area contributed by atoms with Gasteiger partial charge in [0.15, 0.2) is 5.52 Å². The molecule has 7 N–H and O–H groups in total. The van der Waals surface area contributed by atoms with Crippen molar-refractivity contribution in [2.24, 2.45) is 0 Å². The van der Waals surface area contributed by atoms with E-state index < -0.39 is 50.5 Å². The molecule has 0 saturated carbocycles. The van der Waals surface area contributed by atoms with Gasteiger partial charge in [0.25, 0.3) is 5.56 Å². The molecule has 1 aromatic carbocycles. The summed E-state index contributed by atoms with van der Waals surface area (Å²) < 4.78 is 16.3. The molecule has 0 aliphatic carbocycles. The van der Waals surface area contributed by atoms with Crippen molar-refractivity contribution in [3.05, 3.63) is 44.1 Å². The van der Waals surface area contributed by atoms with Gasteiger partial charge in [0.05, 0.1) is 6.61 Å². The van der Waals surface area contributed by atoms with Crippen molar-refractivity contribution in [3.8, 4) is 0 Å². The molecular weight excluding hydrogens is 435 g/mol. The van der Waals surface area contributed by atoms with E-state index in [9.17, 15) is 29.5 Å². The minimum atomic E-state index is -4.89. The van der Waals surface area contributed by atoms with Crippen LogP contribution in [0.2, 0.25) is 0 Å². The van der Waals surface area contributed by atoms with Crippen LogP contribution in [0.4, 0.5) is 0 Å². The maximum atomic E-state index is 12.3. The maximum absolute atomic E-state index is 12.3. The Morgan fingerprint density at radius 2 is 1.74 bits per heavy atom. The lowest BCUT2D eigenvalue weighted by molar-refractivity contribution is -0.657. The van der Waals surface area contributed by atoms with Crippen LogP contribution in [0.5, 0.6) is 0 Å². The number of H-pyrrole nitrogens is 2. The second-order valence-corrected chi connectivity index (χ2v) is 8.40. The number of hydrogen-bond acceptors (Lipinski definition) is 8. The molecule has 3 aromatic rings. The van der Waals surface area contributed by atoms with Crippen LogP contribution < -0.4 is 15.8 Å². The molecule has 13 nitrogen and oxygen atoms in total. The van der Waals surface area contributed by atoms with E-state index in [4.69, 9.17) is 9.79 Å². The van der Waals surface area contributed by atoms with Crippen LogP contribution in [0.25, 0.3) is 22.2 Å². The number of aromatic nitrogens is 4. The molecule has 31 heavy (non-hydrogen) atoms. The third-order valence-corrected chi connectivity index (χ3v) is 5.34. The third-order valence-electron chi connectivity index (χ3n) is 4.85.